The first-order valence-electron chi connectivity index (χ1n) is 6.44. The highest BCUT2D eigenvalue weighted by molar-refractivity contribution is 5.44. The molecule has 3 heteroatoms. The summed E-state index contributed by atoms with van der Waals surface area (Å²) < 4.78 is 0. The van der Waals surface area contributed by atoms with Crippen LogP contribution in [-0.4, -0.2) is 22.4 Å². The van der Waals surface area contributed by atoms with Gasteiger partial charge in [0.25, 0.3) is 0 Å². The van der Waals surface area contributed by atoms with E-state index in [1.165, 1.54) is 5.56 Å². The van der Waals surface area contributed by atoms with Gasteiger partial charge in [-0.1, -0.05) is 12.1 Å². The molecule has 0 amide bonds. The highest BCUT2D eigenvalue weighted by Crippen LogP contribution is 2.37. The zero-order valence-corrected chi connectivity index (χ0v) is 9.95. The van der Waals surface area contributed by atoms with Crippen LogP contribution in [0.4, 0.5) is 0 Å². The lowest BCUT2D eigenvalue weighted by atomic mass is 9.80. The van der Waals surface area contributed by atoms with E-state index in [9.17, 15) is 10.2 Å². The van der Waals surface area contributed by atoms with Gasteiger partial charge in [0.1, 0.15) is 5.75 Å². The Morgan fingerprint density at radius 3 is 2.88 bits per heavy atom. The van der Waals surface area contributed by atoms with Crippen molar-refractivity contribution >= 4 is 0 Å². The van der Waals surface area contributed by atoms with E-state index in [0.29, 0.717) is 18.3 Å². The van der Waals surface area contributed by atoms with Gasteiger partial charge < -0.3 is 15.5 Å². The van der Waals surface area contributed by atoms with Crippen molar-refractivity contribution in [3.63, 3.8) is 0 Å². The molecule has 0 radical (unpaired) electrons. The second-order valence-corrected chi connectivity index (χ2v) is 5.39. The van der Waals surface area contributed by atoms with Crippen molar-refractivity contribution in [2.24, 2.45) is 0 Å². The fourth-order valence-electron chi connectivity index (χ4n) is 2.92. The molecule has 1 unspecified atom stereocenters. The van der Waals surface area contributed by atoms with Gasteiger partial charge in [0, 0.05) is 12.6 Å². The van der Waals surface area contributed by atoms with Crippen LogP contribution >= 0.6 is 0 Å². The van der Waals surface area contributed by atoms with Gasteiger partial charge in [-0.2, -0.15) is 0 Å². The van der Waals surface area contributed by atoms with E-state index in [0.717, 1.165) is 37.7 Å². The summed E-state index contributed by atoms with van der Waals surface area (Å²) in [6.45, 7) is 0.673. The predicted octanol–water partition coefficient (Wildman–Crippen LogP) is 1.88. The molecular formula is C14H19NO2. The molecule has 1 saturated carbocycles. The predicted molar refractivity (Wildman–Crippen MR) is 66.0 cm³/mol. The highest BCUT2D eigenvalue weighted by atomic mass is 16.3. The van der Waals surface area contributed by atoms with E-state index < -0.39 is 5.60 Å². The molecule has 3 N–H and O–H groups in total. The highest BCUT2D eigenvalue weighted by Gasteiger charge is 2.35. The summed E-state index contributed by atoms with van der Waals surface area (Å²) in [6.07, 6.45) is 4.92. The Morgan fingerprint density at radius 1 is 1.35 bits per heavy atom. The Balaban J connectivity index is 1.69. The molecule has 1 aromatic rings. The number of phenolic OH excluding ortho intramolecular Hbond substituents is 1. The number of hydrogen-bond acceptors (Lipinski definition) is 3. The van der Waals surface area contributed by atoms with Gasteiger partial charge in [0.2, 0.25) is 0 Å². The summed E-state index contributed by atoms with van der Waals surface area (Å²) in [5.74, 6) is 0.411. The fourth-order valence-corrected chi connectivity index (χ4v) is 2.92. The van der Waals surface area contributed by atoms with Crippen molar-refractivity contribution in [3.8, 4) is 5.75 Å². The molecular weight excluding hydrogens is 214 g/mol. The molecule has 0 aliphatic heterocycles. The SMILES string of the molecule is Oc1cccc2c1CCC2NCC1(O)CCC1. The van der Waals surface area contributed by atoms with Crippen LogP contribution in [0.15, 0.2) is 18.2 Å². The Labute approximate surface area is 101 Å². The lowest BCUT2D eigenvalue weighted by Crippen LogP contribution is -2.46. The van der Waals surface area contributed by atoms with Gasteiger partial charge in [0.05, 0.1) is 5.60 Å². The third-order valence-electron chi connectivity index (χ3n) is 4.21. The zero-order chi connectivity index (χ0) is 11.9. The minimum Gasteiger partial charge on any atom is -0.508 e. The summed E-state index contributed by atoms with van der Waals surface area (Å²) in [6, 6.07) is 6.01. The van der Waals surface area contributed by atoms with E-state index >= 15 is 0 Å². The molecule has 3 nitrogen and oxygen atoms in total. The molecule has 2 aliphatic rings. The van der Waals surface area contributed by atoms with Crippen molar-refractivity contribution in [1.82, 2.24) is 5.32 Å². The van der Waals surface area contributed by atoms with E-state index in [-0.39, 0.29) is 0 Å². The van der Waals surface area contributed by atoms with E-state index in [1.807, 2.05) is 6.07 Å². The van der Waals surface area contributed by atoms with Crippen molar-refractivity contribution in [2.45, 2.75) is 43.7 Å². The zero-order valence-electron chi connectivity index (χ0n) is 9.95. The Hall–Kier alpha value is -1.06. The molecule has 0 spiro atoms. The number of aliphatic hydroxyl groups is 1. The smallest absolute Gasteiger partial charge is 0.119 e. The van der Waals surface area contributed by atoms with Crippen LogP contribution in [0.3, 0.4) is 0 Å². The molecule has 92 valence electrons. The first-order chi connectivity index (χ1) is 8.18. The topological polar surface area (TPSA) is 52.5 Å². The van der Waals surface area contributed by atoms with Gasteiger partial charge in [-0.15, -0.1) is 0 Å². The third-order valence-corrected chi connectivity index (χ3v) is 4.21. The Bertz CT molecular complexity index is 426. The fraction of sp³-hybridized carbons (Fsp3) is 0.571. The number of phenols is 1. The molecule has 0 saturated heterocycles. The summed E-state index contributed by atoms with van der Waals surface area (Å²) in [5.41, 5.74) is 1.80. The number of benzene rings is 1. The molecule has 0 heterocycles. The molecule has 0 bridgehead atoms. The van der Waals surface area contributed by atoms with Gasteiger partial charge in [-0.3, -0.25) is 0 Å². The molecule has 0 aromatic heterocycles. The van der Waals surface area contributed by atoms with Crippen LogP contribution in [0.5, 0.6) is 5.75 Å². The third kappa shape index (κ3) is 1.94. The molecule has 1 aromatic carbocycles. The van der Waals surface area contributed by atoms with E-state index in [1.54, 1.807) is 6.07 Å². The first kappa shape index (κ1) is 11.1. The van der Waals surface area contributed by atoms with Crippen LogP contribution in [0.2, 0.25) is 0 Å². The van der Waals surface area contributed by atoms with E-state index in [4.69, 9.17) is 0 Å². The molecule has 17 heavy (non-hydrogen) atoms. The average Bonchev–Trinajstić information content (AvgIpc) is 2.69. The molecule has 1 atom stereocenters. The van der Waals surface area contributed by atoms with Crippen LogP contribution in [0, 0.1) is 0 Å². The Morgan fingerprint density at radius 2 is 2.18 bits per heavy atom. The largest absolute Gasteiger partial charge is 0.508 e. The number of hydrogen-bond donors (Lipinski definition) is 3. The van der Waals surface area contributed by atoms with E-state index in [2.05, 4.69) is 11.4 Å². The van der Waals surface area contributed by atoms with Gasteiger partial charge in [-0.05, 0) is 49.3 Å². The minimum absolute atomic E-state index is 0.293. The standard InChI is InChI=1S/C14H19NO2/c16-13-4-1-3-10-11(13)5-6-12(10)15-9-14(17)7-2-8-14/h1,3-4,12,15-17H,2,5-9H2. The van der Waals surface area contributed by atoms with Crippen molar-refractivity contribution < 1.29 is 10.2 Å². The quantitative estimate of drug-likeness (QED) is 0.747. The Kier molecular flexibility index (Phi) is 2.60. The van der Waals surface area contributed by atoms with Gasteiger partial charge in [0.15, 0.2) is 0 Å². The van der Waals surface area contributed by atoms with Crippen molar-refractivity contribution in [1.29, 1.82) is 0 Å². The number of fused-ring (bicyclic) bond motifs is 1. The van der Waals surface area contributed by atoms with Crippen LogP contribution in [0.25, 0.3) is 0 Å². The number of rotatable bonds is 3. The lowest BCUT2D eigenvalue weighted by molar-refractivity contribution is -0.0332. The number of aromatic hydroxyl groups is 1. The van der Waals surface area contributed by atoms with Crippen LogP contribution in [-0.2, 0) is 6.42 Å². The monoisotopic (exact) mass is 233 g/mol. The molecule has 1 fully saturated rings. The van der Waals surface area contributed by atoms with Crippen molar-refractivity contribution in [3.05, 3.63) is 29.3 Å². The maximum Gasteiger partial charge on any atom is 0.119 e. The molecule has 3 rings (SSSR count). The number of nitrogens with one attached hydrogen (secondary N) is 1. The van der Waals surface area contributed by atoms with Crippen LogP contribution in [0.1, 0.15) is 42.9 Å². The second-order valence-electron chi connectivity index (χ2n) is 5.39. The summed E-state index contributed by atoms with van der Waals surface area (Å²) in [7, 11) is 0. The minimum atomic E-state index is -0.473. The van der Waals surface area contributed by atoms with Gasteiger partial charge in [-0.25, -0.2) is 0 Å². The lowest BCUT2D eigenvalue weighted by Gasteiger charge is -2.37. The summed E-state index contributed by atoms with van der Waals surface area (Å²) in [4.78, 5) is 0. The van der Waals surface area contributed by atoms with Crippen LogP contribution < -0.4 is 5.32 Å². The van der Waals surface area contributed by atoms with Gasteiger partial charge >= 0.3 is 0 Å². The van der Waals surface area contributed by atoms with Crippen molar-refractivity contribution in [2.75, 3.05) is 6.54 Å². The maximum absolute atomic E-state index is 10.1. The average molecular weight is 233 g/mol. The maximum atomic E-state index is 10.1. The normalized spacial score (nSPS) is 25.4. The summed E-state index contributed by atoms with van der Waals surface area (Å²) >= 11 is 0. The summed E-state index contributed by atoms with van der Waals surface area (Å²) in [5, 5.41) is 23.3. The molecule has 2 aliphatic carbocycles. The second kappa shape index (κ2) is 4.00. The first-order valence-corrected chi connectivity index (χ1v) is 6.44.